The van der Waals surface area contributed by atoms with E-state index < -0.39 is 10.0 Å². The van der Waals surface area contributed by atoms with Crippen LogP contribution in [-0.2, 0) is 10.0 Å². The second-order valence-corrected chi connectivity index (χ2v) is 7.22. The second-order valence-electron chi connectivity index (χ2n) is 4.28. The molecule has 0 atom stereocenters. The van der Waals surface area contributed by atoms with Crippen molar-refractivity contribution in [3.63, 3.8) is 0 Å². The van der Waals surface area contributed by atoms with Crippen molar-refractivity contribution in [1.82, 2.24) is 4.72 Å². The summed E-state index contributed by atoms with van der Waals surface area (Å²) in [4.78, 5) is 1.88. The fourth-order valence-electron chi connectivity index (χ4n) is 1.72. The third-order valence-corrected chi connectivity index (χ3v) is 5.68. The van der Waals surface area contributed by atoms with Crippen LogP contribution >= 0.6 is 11.8 Å². The summed E-state index contributed by atoms with van der Waals surface area (Å²) in [5.74, 6) is 0. The van der Waals surface area contributed by atoms with Crippen LogP contribution in [0.3, 0.4) is 0 Å². The number of anilines is 1. The van der Waals surface area contributed by atoms with Gasteiger partial charge in [-0.25, -0.2) is 13.1 Å². The average molecular weight is 308 g/mol. The number of nitrogen functional groups attached to an aromatic ring is 1. The van der Waals surface area contributed by atoms with E-state index in [0.29, 0.717) is 10.6 Å². The van der Waals surface area contributed by atoms with Crippen LogP contribution in [0.15, 0.2) is 57.2 Å². The SMILES string of the molecule is CNS(=O)(=O)c1cc(N)ccc1Sc1ccccc1C. The molecule has 6 heteroatoms. The molecule has 0 amide bonds. The molecule has 0 heterocycles. The number of hydrogen-bond donors (Lipinski definition) is 2. The third-order valence-electron chi connectivity index (χ3n) is 2.84. The summed E-state index contributed by atoms with van der Waals surface area (Å²) in [5, 5.41) is 0. The lowest BCUT2D eigenvalue weighted by Gasteiger charge is -2.11. The van der Waals surface area contributed by atoms with E-state index in [2.05, 4.69) is 4.72 Å². The molecule has 3 N–H and O–H groups in total. The predicted molar refractivity (Wildman–Crippen MR) is 82.4 cm³/mol. The molecule has 0 aliphatic rings. The van der Waals surface area contributed by atoms with Crippen molar-refractivity contribution in [2.45, 2.75) is 21.6 Å². The largest absolute Gasteiger partial charge is 0.399 e. The summed E-state index contributed by atoms with van der Waals surface area (Å²) in [6.45, 7) is 1.99. The summed E-state index contributed by atoms with van der Waals surface area (Å²) in [7, 11) is -2.15. The van der Waals surface area contributed by atoms with E-state index in [4.69, 9.17) is 5.73 Å². The van der Waals surface area contributed by atoms with Crippen molar-refractivity contribution in [3.8, 4) is 0 Å². The van der Waals surface area contributed by atoms with Gasteiger partial charge in [0.05, 0.1) is 4.90 Å². The minimum atomic E-state index is -3.54. The van der Waals surface area contributed by atoms with Crippen LogP contribution in [0.5, 0.6) is 0 Å². The Bertz CT molecular complexity index is 728. The summed E-state index contributed by atoms with van der Waals surface area (Å²) in [6.07, 6.45) is 0. The molecule has 2 rings (SSSR count). The Hall–Kier alpha value is -1.50. The van der Waals surface area contributed by atoms with Crippen LogP contribution in [0.1, 0.15) is 5.56 Å². The fourth-order valence-corrected chi connectivity index (χ4v) is 3.92. The standard InChI is InChI=1S/C14H16N2O2S2/c1-10-5-3-4-6-12(10)19-13-8-7-11(15)9-14(13)20(17,18)16-2/h3-9,16H,15H2,1-2H3. The number of benzene rings is 2. The number of sulfonamides is 1. The topological polar surface area (TPSA) is 72.2 Å². The highest BCUT2D eigenvalue weighted by Gasteiger charge is 2.18. The monoisotopic (exact) mass is 308 g/mol. The van der Waals surface area contributed by atoms with Gasteiger partial charge in [-0.05, 0) is 43.8 Å². The molecular formula is C14H16N2O2S2. The van der Waals surface area contributed by atoms with Crippen LogP contribution in [0, 0.1) is 6.92 Å². The maximum atomic E-state index is 12.1. The van der Waals surface area contributed by atoms with Gasteiger partial charge in [-0.15, -0.1) is 0 Å². The van der Waals surface area contributed by atoms with Crippen LogP contribution in [0.2, 0.25) is 0 Å². The van der Waals surface area contributed by atoms with E-state index in [1.807, 2.05) is 31.2 Å². The molecule has 0 unspecified atom stereocenters. The predicted octanol–water partition coefficient (Wildman–Crippen LogP) is 2.64. The molecule has 0 saturated heterocycles. The Kier molecular flexibility index (Phi) is 4.37. The Labute approximate surface area is 123 Å². The van der Waals surface area contributed by atoms with Gasteiger partial charge < -0.3 is 5.73 Å². The lowest BCUT2D eigenvalue weighted by atomic mass is 10.2. The fraction of sp³-hybridized carbons (Fsp3) is 0.143. The van der Waals surface area contributed by atoms with Gasteiger partial charge in [0.25, 0.3) is 0 Å². The first-order valence-corrected chi connectivity index (χ1v) is 8.30. The molecule has 106 valence electrons. The van der Waals surface area contributed by atoms with E-state index in [-0.39, 0.29) is 4.90 Å². The average Bonchev–Trinajstić information content (AvgIpc) is 2.43. The quantitative estimate of drug-likeness (QED) is 0.852. The third kappa shape index (κ3) is 3.15. The van der Waals surface area contributed by atoms with Gasteiger partial charge >= 0.3 is 0 Å². The second kappa shape index (κ2) is 5.87. The van der Waals surface area contributed by atoms with Crippen molar-refractivity contribution in [1.29, 1.82) is 0 Å². The van der Waals surface area contributed by atoms with Crippen LogP contribution in [0.25, 0.3) is 0 Å². The Balaban J connectivity index is 2.50. The first-order chi connectivity index (χ1) is 9.44. The van der Waals surface area contributed by atoms with Crippen molar-refractivity contribution < 1.29 is 8.42 Å². The Morgan fingerprint density at radius 1 is 1.10 bits per heavy atom. The zero-order chi connectivity index (χ0) is 14.8. The lowest BCUT2D eigenvalue weighted by Crippen LogP contribution is -2.19. The summed E-state index contributed by atoms with van der Waals surface area (Å²) in [5.41, 5.74) is 7.22. The first kappa shape index (κ1) is 14.9. The van der Waals surface area contributed by atoms with Crippen molar-refractivity contribution in [3.05, 3.63) is 48.0 Å². The Morgan fingerprint density at radius 3 is 2.45 bits per heavy atom. The van der Waals surface area contributed by atoms with Crippen molar-refractivity contribution >= 4 is 27.5 Å². The van der Waals surface area contributed by atoms with Gasteiger partial charge in [-0.2, -0.15) is 0 Å². The molecule has 2 aromatic rings. The summed E-state index contributed by atoms with van der Waals surface area (Å²) >= 11 is 1.42. The number of nitrogens with one attached hydrogen (secondary N) is 1. The van der Waals surface area contributed by atoms with Crippen molar-refractivity contribution in [2.75, 3.05) is 12.8 Å². The van der Waals surface area contributed by atoms with Gasteiger partial charge in [0, 0.05) is 15.5 Å². The van der Waals surface area contributed by atoms with E-state index in [1.165, 1.54) is 24.9 Å². The molecule has 0 radical (unpaired) electrons. The highest BCUT2D eigenvalue weighted by atomic mass is 32.2. The Morgan fingerprint density at radius 2 is 1.80 bits per heavy atom. The minimum absolute atomic E-state index is 0.202. The highest BCUT2D eigenvalue weighted by molar-refractivity contribution is 8.00. The van der Waals surface area contributed by atoms with Gasteiger partial charge in [0.2, 0.25) is 10.0 Å². The van der Waals surface area contributed by atoms with E-state index in [0.717, 1.165) is 10.5 Å². The maximum Gasteiger partial charge on any atom is 0.241 e. The molecule has 0 aliphatic carbocycles. The van der Waals surface area contributed by atoms with Crippen LogP contribution in [-0.4, -0.2) is 15.5 Å². The lowest BCUT2D eigenvalue weighted by molar-refractivity contribution is 0.586. The van der Waals surface area contributed by atoms with Gasteiger partial charge in [-0.3, -0.25) is 0 Å². The normalized spacial score (nSPS) is 11.5. The molecule has 0 spiro atoms. The smallest absolute Gasteiger partial charge is 0.241 e. The molecular weight excluding hydrogens is 292 g/mol. The van der Waals surface area contributed by atoms with Crippen molar-refractivity contribution in [2.24, 2.45) is 0 Å². The van der Waals surface area contributed by atoms with E-state index in [9.17, 15) is 8.42 Å². The van der Waals surface area contributed by atoms with E-state index in [1.54, 1.807) is 12.1 Å². The van der Waals surface area contributed by atoms with Crippen LogP contribution < -0.4 is 10.5 Å². The molecule has 0 aromatic heterocycles. The maximum absolute atomic E-state index is 12.1. The molecule has 0 saturated carbocycles. The highest BCUT2D eigenvalue weighted by Crippen LogP contribution is 2.35. The zero-order valence-corrected chi connectivity index (χ0v) is 12.9. The summed E-state index contributed by atoms with van der Waals surface area (Å²) in [6, 6.07) is 12.8. The number of nitrogens with two attached hydrogens (primary N) is 1. The summed E-state index contributed by atoms with van der Waals surface area (Å²) < 4.78 is 26.5. The van der Waals surface area contributed by atoms with Gasteiger partial charge in [-0.1, -0.05) is 30.0 Å². The minimum Gasteiger partial charge on any atom is -0.399 e. The first-order valence-electron chi connectivity index (χ1n) is 6.00. The van der Waals surface area contributed by atoms with E-state index >= 15 is 0 Å². The molecule has 20 heavy (non-hydrogen) atoms. The zero-order valence-electron chi connectivity index (χ0n) is 11.3. The molecule has 2 aromatic carbocycles. The molecule has 0 fully saturated rings. The number of aryl methyl sites for hydroxylation is 1. The van der Waals surface area contributed by atoms with Crippen LogP contribution in [0.4, 0.5) is 5.69 Å². The number of hydrogen-bond acceptors (Lipinski definition) is 4. The van der Waals surface area contributed by atoms with Gasteiger partial charge in [0.1, 0.15) is 0 Å². The molecule has 0 bridgehead atoms. The number of rotatable bonds is 4. The molecule has 0 aliphatic heterocycles. The molecule has 4 nitrogen and oxygen atoms in total. The van der Waals surface area contributed by atoms with Gasteiger partial charge in [0.15, 0.2) is 0 Å².